The molecule has 9 nitrogen and oxygen atoms in total. The first-order valence-corrected chi connectivity index (χ1v) is 12.6. The molecule has 2 N–H and O–H groups in total. The number of hydrogen-bond donors (Lipinski definition) is 2. The van der Waals surface area contributed by atoms with Crippen molar-refractivity contribution in [2.75, 3.05) is 44.9 Å². The lowest BCUT2D eigenvalue weighted by molar-refractivity contribution is -0.126. The summed E-state index contributed by atoms with van der Waals surface area (Å²) in [6.45, 7) is 3.78. The van der Waals surface area contributed by atoms with Crippen molar-refractivity contribution in [3.63, 3.8) is 0 Å². The fourth-order valence-electron chi connectivity index (χ4n) is 4.20. The lowest BCUT2D eigenvalue weighted by Crippen LogP contribution is -2.37. The molecule has 0 saturated heterocycles. The van der Waals surface area contributed by atoms with Crippen molar-refractivity contribution >= 4 is 27.5 Å². The van der Waals surface area contributed by atoms with Crippen molar-refractivity contribution < 1.29 is 27.5 Å². The van der Waals surface area contributed by atoms with Gasteiger partial charge in [-0.1, -0.05) is 0 Å². The molecule has 178 valence electrons. The van der Waals surface area contributed by atoms with Gasteiger partial charge < -0.3 is 19.7 Å². The van der Waals surface area contributed by atoms with Crippen LogP contribution in [0.4, 0.5) is 5.69 Å². The number of nitrogens with zero attached hydrogens (tertiary/aromatic N) is 1. The number of methoxy groups -OCH3 is 1. The van der Waals surface area contributed by atoms with Crippen molar-refractivity contribution in [3.8, 4) is 5.75 Å². The van der Waals surface area contributed by atoms with Gasteiger partial charge in [0.05, 0.1) is 17.1 Å². The van der Waals surface area contributed by atoms with Crippen LogP contribution in [0.3, 0.4) is 0 Å². The topological polar surface area (TPSA) is 114 Å². The Labute approximate surface area is 189 Å². The van der Waals surface area contributed by atoms with Crippen LogP contribution in [0.1, 0.15) is 39.0 Å². The third-order valence-corrected chi connectivity index (χ3v) is 7.51. The maximum atomic E-state index is 12.9. The summed E-state index contributed by atoms with van der Waals surface area (Å²) in [5.41, 5.74) is 0.476. The molecule has 0 aromatic heterocycles. The van der Waals surface area contributed by atoms with E-state index in [2.05, 4.69) is 10.0 Å². The summed E-state index contributed by atoms with van der Waals surface area (Å²) in [4.78, 5) is 25.8. The van der Waals surface area contributed by atoms with E-state index in [4.69, 9.17) is 9.47 Å². The van der Waals surface area contributed by atoms with Crippen LogP contribution in [0, 0.1) is 11.8 Å². The molecule has 1 fully saturated rings. The molecule has 2 amide bonds. The summed E-state index contributed by atoms with van der Waals surface area (Å²) in [5.74, 6) is 0.604. The zero-order chi connectivity index (χ0) is 23.1. The lowest BCUT2D eigenvalue weighted by Gasteiger charge is -2.29. The molecule has 0 atom stereocenters. The summed E-state index contributed by atoms with van der Waals surface area (Å²) in [7, 11) is -2.09. The fraction of sp³-hybridized carbons (Fsp3) is 0.636. The molecule has 1 aliphatic carbocycles. The number of amides is 2. The third-order valence-electron chi connectivity index (χ3n) is 6.09. The average Bonchev–Trinajstić information content (AvgIpc) is 2.80. The normalized spacial score (nSPS) is 20.9. The van der Waals surface area contributed by atoms with E-state index in [0.29, 0.717) is 44.3 Å². The molecule has 3 rings (SSSR count). The number of carbonyl (C=O) groups excluding carboxylic acids is 2. The Balaban J connectivity index is 1.52. The molecule has 1 saturated carbocycles. The van der Waals surface area contributed by atoms with Gasteiger partial charge in [-0.3, -0.25) is 9.59 Å². The molecule has 1 aliphatic heterocycles. The zero-order valence-electron chi connectivity index (χ0n) is 18.8. The largest absolute Gasteiger partial charge is 0.490 e. The highest BCUT2D eigenvalue weighted by molar-refractivity contribution is 7.89. The Morgan fingerprint density at radius 2 is 1.97 bits per heavy atom. The number of sulfonamides is 1. The van der Waals surface area contributed by atoms with Gasteiger partial charge in [0.15, 0.2) is 0 Å². The zero-order valence-corrected chi connectivity index (χ0v) is 19.6. The van der Waals surface area contributed by atoms with Crippen LogP contribution in [0.2, 0.25) is 0 Å². The maximum Gasteiger partial charge on any atom is 0.240 e. The molecular formula is C22H33N3O6S. The van der Waals surface area contributed by atoms with Gasteiger partial charge >= 0.3 is 0 Å². The molecule has 0 unspecified atom stereocenters. The number of rotatable bonds is 9. The first-order chi connectivity index (χ1) is 15.3. The number of fused-ring (bicyclic) bond motifs is 1. The molecule has 1 aromatic rings. The van der Waals surface area contributed by atoms with Gasteiger partial charge in [0, 0.05) is 39.6 Å². The van der Waals surface area contributed by atoms with Gasteiger partial charge in [0.2, 0.25) is 21.8 Å². The molecule has 0 radical (unpaired) electrons. The Kier molecular flexibility index (Phi) is 8.50. The minimum atomic E-state index is -3.72. The Morgan fingerprint density at radius 3 is 2.66 bits per heavy atom. The SMILES string of the molecule is COCCCNC(=O)C1CCC(CNS(=O)(=O)c2ccc3c(c2)N(C(C)=O)CCO3)CC1. The Bertz CT molecular complexity index is 912. The number of hydrogen-bond acceptors (Lipinski definition) is 6. The predicted octanol–water partition coefficient (Wildman–Crippen LogP) is 1.67. The van der Waals surface area contributed by atoms with Gasteiger partial charge in [-0.2, -0.15) is 0 Å². The molecule has 0 bridgehead atoms. The molecule has 1 aromatic carbocycles. The van der Waals surface area contributed by atoms with Gasteiger partial charge in [-0.05, 0) is 56.2 Å². The second kappa shape index (κ2) is 11.1. The van der Waals surface area contributed by atoms with E-state index in [1.807, 2.05) is 0 Å². The van der Waals surface area contributed by atoms with Gasteiger partial charge in [-0.15, -0.1) is 0 Å². The van der Waals surface area contributed by atoms with E-state index in [1.165, 1.54) is 24.0 Å². The van der Waals surface area contributed by atoms with Gasteiger partial charge in [-0.25, -0.2) is 13.1 Å². The minimum Gasteiger partial charge on any atom is -0.490 e. The van der Waals surface area contributed by atoms with Crippen molar-refractivity contribution in [3.05, 3.63) is 18.2 Å². The molecular weight excluding hydrogens is 434 g/mol. The van der Waals surface area contributed by atoms with Crippen molar-refractivity contribution in [2.24, 2.45) is 11.8 Å². The second-order valence-corrected chi connectivity index (χ2v) is 10.1. The minimum absolute atomic E-state index is 0.0105. The Hall–Kier alpha value is -2.17. The van der Waals surface area contributed by atoms with E-state index in [0.717, 1.165) is 32.1 Å². The predicted molar refractivity (Wildman–Crippen MR) is 120 cm³/mol. The molecule has 2 aliphatic rings. The van der Waals surface area contributed by atoms with Crippen LogP contribution in [0.25, 0.3) is 0 Å². The van der Waals surface area contributed by atoms with Crippen LogP contribution in [-0.2, 0) is 24.3 Å². The standard InChI is InChI=1S/C22H33N3O6S/c1-16(26)25-11-13-31-21-9-8-19(14-20(21)25)32(28,29)24-15-17-4-6-18(7-5-17)22(27)23-10-3-12-30-2/h8-9,14,17-18,24H,3-7,10-13,15H2,1-2H3,(H,23,27). The number of anilines is 1. The van der Waals surface area contributed by atoms with Gasteiger partial charge in [0.1, 0.15) is 12.4 Å². The van der Waals surface area contributed by atoms with Gasteiger partial charge in [0.25, 0.3) is 0 Å². The molecule has 1 heterocycles. The van der Waals surface area contributed by atoms with Crippen LogP contribution >= 0.6 is 0 Å². The summed E-state index contributed by atoms with van der Waals surface area (Å²) in [6, 6.07) is 4.58. The highest BCUT2D eigenvalue weighted by Gasteiger charge is 2.28. The monoisotopic (exact) mass is 467 g/mol. The van der Waals surface area contributed by atoms with Crippen molar-refractivity contribution in [1.29, 1.82) is 0 Å². The highest BCUT2D eigenvalue weighted by atomic mass is 32.2. The summed E-state index contributed by atoms with van der Waals surface area (Å²) < 4.78 is 38.9. The second-order valence-electron chi connectivity index (χ2n) is 8.36. The first kappa shape index (κ1) is 24.5. The van der Waals surface area contributed by atoms with E-state index in [-0.39, 0.29) is 28.5 Å². The molecule has 32 heavy (non-hydrogen) atoms. The van der Waals surface area contributed by atoms with E-state index in [1.54, 1.807) is 13.2 Å². The van der Waals surface area contributed by atoms with Crippen molar-refractivity contribution in [2.45, 2.75) is 43.9 Å². The van der Waals surface area contributed by atoms with Crippen LogP contribution in [0.15, 0.2) is 23.1 Å². The molecule has 10 heteroatoms. The first-order valence-electron chi connectivity index (χ1n) is 11.1. The highest BCUT2D eigenvalue weighted by Crippen LogP contribution is 2.34. The van der Waals surface area contributed by atoms with Crippen LogP contribution in [-0.4, -0.2) is 60.2 Å². The number of nitrogens with one attached hydrogen (secondary N) is 2. The summed E-state index contributed by atoms with van der Waals surface area (Å²) in [5, 5.41) is 2.95. The lowest BCUT2D eigenvalue weighted by atomic mass is 9.81. The van der Waals surface area contributed by atoms with E-state index in [9.17, 15) is 18.0 Å². The molecule has 0 spiro atoms. The van der Waals surface area contributed by atoms with Crippen LogP contribution in [0.5, 0.6) is 5.75 Å². The third kappa shape index (κ3) is 6.20. The number of benzene rings is 1. The quantitative estimate of drug-likeness (QED) is 0.534. The summed E-state index contributed by atoms with van der Waals surface area (Å²) >= 11 is 0. The number of ether oxygens (including phenoxy) is 2. The number of carbonyl (C=O) groups is 2. The Morgan fingerprint density at radius 1 is 1.22 bits per heavy atom. The van der Waals surface area contributed by atoms with E-state index < -0.39 is 10.0 Å². The van der Waals surface area contributed by atoms with E-state index >= 15 is 0 Å². The van der Waals surface area contributed by atoms with Crippen molar-refractivity contribution in [1.82, 2.24) is 10.0 Å². The summed E-state index contributed by atoms with van der Waals surface area (Å²) in [6.07, 6.45) is 3.90. The average molecular weight is 468 g/mol. The smallest absolute Gasteiger partial charge is 0.240 e. The van der Waals surface area contributed by atoms with Crippen LogP contribution < -0.4 is 19.7 Å². The fourth-order valence-corrected chi connectivity index (χ4v) is 5.34. The maximum absolute atomic E-state index is 12.9.